The second-order valence-corrected chi connectivity index (χ2v) is 9.22. The number of rotatable bonds is 5. The lowest BCUT2D eigenvalue weighted by molar-refractivity contribution is -0.165. The molecule has 1 aliphatic rings. The Morgan fingerprint density at radius 2 is 1.61 bits per heavy atom. The van der Waals surface area contributed by atoms with Gasteiger partial charge in [0.15, 0.2) is 41.5 Å². The lowest BCUT2D eigenvalue weighted by Crippen LogP contribution is -2.43. The third-order valence-electron chi connectivity index (χ3n) is 5.50. The van der Waals surface area contributed by atoms with Gasteiger partial charge in [-0.15, -0.1) is 0 Å². The number of esters is 3. The number of anilines is 1. The van der Waals surface area contributed by atoms with Crippen LogP contribution in [0.15, 0.2) is 30.6 Å². The van der Waals surface area contributed by atoms with Gasteiger partial charge >= 0.3 is 17.9 Å². The molecule has 0 unspecified atom stereocenters. The zero-order valence-corrected chi connectivity index (χ0v) is 21.5. The number of nitrogen functional groups attached to an aromatic ring is 1. The molecule has 3 heterocycles. The van der Waals surface area contributed by atoms with E-state index >= 15 is 0 Å². The molecule has 1 aliphatic heterocycles. The van der Waals surface area contributed by atoms with E-state index in [0.29, 0.717) is 5.56 Å². The predicted molar refractivity (Wildman–Crippen MR) is 131 cm³/mol. The van der Waals surface area contributed by atoms with Gasteiger partial charge in [-0.05, 0) is 6.92 Å². The molecule has 4 atom stereocenters. The van der Waals surface area contributed by atoms with Gasteiger partial charge in [-0.2, -0.15) is 8.42 Å². The summed E-state index contributed by atoms with van der Waals surface area (Å²) in [4.78, 5) is 48.7. The molecular formula is C23H23N5O9S. The number of benzene rings is 1. The van der Waals surface area contributed by atoms with Crippen molar-refractivity contribution in [3.8, 4) is 11.4 Å². The molecule has 1 fully saturated rings. The van der Waals surface area contributed by atoms with Crippen molar-refractivity contribution in [3.63, 3.8) is 0 Å². The minimum Gasteiger partial charge on any atom is -0.455 e. The van der Waals surface area contributed by atoms with Crippen LogP contribution in [0.2, 0.25) is 0 Å². The van der Waals surface area contributed by atoms with E-state index in [4.69, 9.17) is 24.7 Å². The van der Waals surface area contributed by atoms with E-state index in [9.17, 15) is 22.8 Å². The van der Waals surface area contributed by atoms with Crippen LogP contribution >= 0.6 is 0 Å². The zero-order chi connectivity index (χ0) is 27.7. The Labute approximate surface area is 217 Å². The summed E-state index contributed by atoms with van der Waals surface area (Å²) in [6.45, 7) is 5.08. The minimum absolute atomic E-state index is 0.0463. The third-order valence-corrected chi connectivity index (χ3v) is 6.15. The number of imidazole rings is 1. The monoisotopic (exact) mass is 545 g/mol. The van der Waals surface area contributed by atoms with Crippen LogP contribution in [0.5, 0.6) is 0 Å². The SMILES string of the molecule is CC(=O)OC([C@H]1O[C@@H](n2c(-c3ccc(C)cc3)nc3c(N)ncnc32)[C@H](OC(C)=O)[C@@H]1OC(C)=O)=S(=O)=O. The van der Waals surface area contributed by atoms with Crippen LogP contribution in [0, 0.1) is 6.92 Å². The molecule has 2 N–H and O–H groups in total. The number of hydrogen-bond donors (Lipinski definition) is 1. The smallest absolute Gasteiger partial charge is 0.308 e. The zero-order valence-electron chi connectivity index (χ0n) is 20.6. The summed E-state index contributed by atoms with van der Waals surface area (Å²) in [6.07, 6.45) is -4.80. The molecule has 4 rings (SSSR count). The first kappa shape index (κ1) is 26.7. The van der Waals surface area contributed by atoms with Crippen molar-refractivity contribution >= 4 is 50.2 Å². The molecule has 1 saturated heterocycles. The Balaban J connectivity index is 1.99. The summed E-state index contributed by atoms with van der Waals surface area (Å²) >= 11 is 0. The molecule has 0 spiro atoms. The normalized spacial score (nSPS) is 20.6. The molecule has 2 aromatic heterocycles. The molecule has 0 bridgehead atoms. The second-order valence-electron chi connectivity index (χ2n) is 8.35. The molecule has 0 saturated carbocycles. The Bertz CT molecular complexity index is 1560. The number of aryl methyl sites for hydroxylation is 1. The molecule has 200 valence electrons. The Hall–Kier alpha value is -4.37. The van der Waals surface area contributed by atoms with Crippen molar-refractivity contribution in [3.05, 3.63) is 36.2 Å². The lowest BCUT2D eigenvalue weighted by Gasteiger charge is -2.24. The summed E-state index contributed by atoms with van der Waals surface area (Å²) in [5, 5.41) is -0.862. The molecule has 38 heavy (non-hydrogen) atoms. The molecule has 14 nitrogen and oxygen atoms in total. The fourth-order valence-electron chi connectivity index (χ4n) is 4.08. The van der Waals surface area contributed by atoms with Gasteiger partial charge in [-0.1, -0.05) is 29.8 Å². The van der Waals surface area contributed by atoms with Crippen LogP contribution in [0.25, 0.3) is 22.6 Å². The molecule has 3 aromatic rings. The third kappa shape index (κ3) is 5.19. The number of fused-ring (bicyclic) bond motifs is 1. The van der Waals surface area contributed by atoms with Crippen LogP contribution in [0.4, 0.5) is 5.82 Å². The van der Waals surface area contributed by atoms with E-state index < -0.39 is 57.8 Å². The highest BCUT2D eigenvalue weighted by Gasteiger charge is 2.54. The van der Waals surface area contributed by atoms with Crippen molar-refractivity contribution < 1.29 is 41.7 Å². The molecule has 0 amide bonds. The van der Waals surface area contributed by atoms with Crippen LogP contribution in [-0.4, -0.2) is 69.2 Å². The first-order valence-corrected chi connectivity index (χ1v) is 12.2. The van der Waals surface area contributed by atoms with Crippen molar-refractivity contribution in [1.82, 2.24) is 19.5 Å². The quantitative estimate of drug-likeness (QED) is 0.268. The van der Waals surface area contributed by atoms with E-state index in [1.807, 2.05) is 19.1 Å². The first-order chi connectivity index (χ1) is 18.0. The number of ether oxygens (including phenoxy) is 4. The number of hydrogen-bond acceptors (Lipinski definition) is 13. The van der Waals surface area contributed by atoms with Crippen LogP contribution in [0.1, 0.15) is 32.6 Å². The Morgan fingerprint density at radius 1 is 0.974 bits per heavy atom. The second kappa shape index (κ2) is 10.5. The minimum atomic E-state index is -3.12. The molecule has 0 radical (unpaired) electrons. The van der Waals surface area contributed by atoms with E-state index in [1.54, 1.807) is 12.1 Å². The van der Waals surface area contributed by atoms with Crippen molar-refractivity contribution in [2.75, 3.05) is 5.73 Å². The topological polar surface area (TPSA) is 192 Å². The molecule has 0 aliphatic carbocycles. The van der Waals surface area contributed by atoms with E-state index in [1.165, 1.54) is 10.9 Å². The van der Waals surface area contributed by atoms with Gasteiger partial charge in [0.2, 0.25) is 0 Å². The number of carbonyl (C=O) groups is 3. The first-order valence-electron chi connectivity index (χ1n) is 11.2. The summed E-state index contributed by atoms with van der Waals surface area (Å²) in [5.41, 5.74) is 7.96. The number of carbonyl (C=O) groups excluding carboxylic acids is 3. The van der Waals surface area contributed by atoms with E-state index in [-0.39, 0.29) is 22.8 Å². The van der Waals surface area contributed by atoms with Crippen molar-refractivity contribution in [1.29, 1.82) is 0 Å². The Morgan fingerprint density at radius 3 is 2.18 bits per heavy atom. The van der Waals surface area contributed by atoms with Gasteiger partial charge in [0, 0.05) is 26.3 Å². The fraction of sp³-hybridized carbons (Fsp3) is 0.348. The molecule has 1 aromatic carbocycles. The average Bonchev–Trinajstić information content (AvgIpc) is 3.36. The summed E-state index contributed by atoms with van der Waals surface area (Å²) in [6, 6.07) is 7.22. The Kier molecular flexibility index (Phi) is 7.41. The van der Waals surface area contributed by atoms with Crippen LogP contribution < -0.4 is 5.73 Å². The number of nitrogens with two attached hydrogens (primary N) is 1. The maximum Gasteiger partial charge on any atom is 0.308 e. The highest BCUT2D eigenvalue weighted by atomic mass is 32.2. The highest BCUT2D eigenvalue weighted by molar-refractivity contribution is 7.72. The predicted octanol–water partition coefficient (Wildman–Crippen LogP) is 0.717. The highest BCUT2D eigenvalue weighted by Crippen LogP contribution is 2.40. The van der Waals surface area contributed by atoms with Gasteiger partial charge in [-0.25, -0.2) is 15.0 Å². The standard InChI is InChI=1S/C23H23N5O9S/c1-10-5-7-14(8-6-10)20-27-15-19(24)25-9-26-21(15)28(20)22-17(35-12(3)30)16(34-11(2)29)18(37-22)23(38(32)33)36-13(4)31/h5-9,16-18,22H,1-4H3,(H2,24,25,26)/t16-,17+,18-,22+/m0/s1. The van der Waals surface area contributed by atoms with Crippen LogP contribution in [-0.2, 0) is 43.6 Å². The molecular weight excluding hydrogens is 522 g/mol. The average molecular weight is 546 g/mol. The summed E-state index contributed by atoms with van der Waals surface area (Å²) < 4.78 is 47.3. The summed E-state index contributed by atoms with van der Waals surface area (Å²) in [5.74, 6) is -2.27. The van der Waals surface area contributed by atoms with Crippen molar-refractivity contribution in [2.45, 2.75) is 52.2 Å². The van der Waals surface area contributed by atoms with E-state index in [2.05, 4.69) is 15.0 Å². The maximum atomic E-state index is 12.1. The van der Waals surface area contributed by atoms with E-state index in [0.717, 1.165) is 26.3 Å². The van der Waals surface area contributed by atoms with Gasteiger partial charge in [0.05, 0.1) is 0 Å². The van der Waals surface area contributed by atoms with Gasteiger partial charge in [-0.3, -0.25) is 19.0 Å². The largest absolute Gasteiger partial charge is 0.455 e. The van der Waals surface area contributed by atoms with Crippen molar-refractivity contribution in [2.24, 2.45) is 0 Å². The van der Waals surface area contributed by atoms with Gasteiger partial charge in [0.1, 0.15) is 12.2 Å². The lowest BCUT2D eigenvalue weighted by atomic mass is 10.1. The fourth-order valence-corrected chi connectivity index (χ4v) is 4.64. The maximum absolute atomic E-state index is 12.1. The number of nitrogens with zero attached hydrogens (tertiary/aromatic N) is 4. The van der Waals surface area contributed by atoms with Crippen LogP contribution in [0.3, 0.4) is 0 Å². The molecule has 15 heteroatoms. The number of aromatic nitrogens is 4. The van der Waals surface area contributed by atoms with Gasteiger partial charge < -0.3 is 24.7 Å². The summed E-state index contributed by atoms with van der Waals surface area (Å²) in [7, 11) is -3.12. The van der Waals surface area contributed by atoms with Gasteiger partial charge in [0.25, 0.3) is 15.3 Å².